The quantitative estimate of drug-likeness (QED) is 0.786. The van der Waals surface area contributed by atoms with E-state index in [1.807, 2.05) is 0 Å². The minimum atomic E-state index is -0.998. The highest BCUT2D eigenvalue weighted by Crippen LogP contribution is 2.34. The highest BCUT2D eigenvalue weighted by molar-refractivity contribution is 5.94. The van der Waals surface area contributed by atoms with Crippen LogP contribution < -0.4 is 5.32 Å². The van der Waals surface area contributed by atoms with Crippen LogP contribution in [0.1, 0.15) is 35.2 Å². The van der Waals surface area contributed by atoms with E-state index >= 15 is 0 Å². The monoisotopic (exact) mass is 289 g/mol. The third kappa shape index (κ3) is 3.92. The number of ether oxygens (including phenoxy) is 1. The van der Waals surface area contributed by atoms with Crippen LogP contribution in [0.15, 0.2) is 30.3 Å². The van der Waals surface area contributed by atoms with Crippen molar-refractivity contribution in [3.63, 3.8) is 0 Å². The third-order valence-electron chi connectivity index (χ3n) is 3.86. The molecule has 0 bridgehead atoms. The van der Waals surface area contributed by atoms with Gasteiger partial charge in [-0.15, -0.1) is 0 Å². The Bertz CT molecular complexity index is 538. The van der Waals surface area contributed by atoms with Crippen molar-refractivity contribution in [3.8, 4) is 0 Å². The van der Waals surface area contributed by atoms with Gasteiger partial charge in [-0.3, -0.25) is 4.79 Å². The van der Waals surface area contributed by atoms with Crippen LogP contribution in [0.5, 0.6) is 0 Å². The van der Waals surface area contributed by atoms with Crippen molar-refractivity contribution in [2.75, 3.05) is 13.7 Å². The SMILES string of the molecule is COC1(CNC(=O)c2ccc(/C=C/C(=O)O)cc2)CCC1. The summed E-state index contributed by atoms with van der Waals surface area (Å²) in [5, 5.41) is 11.4. The topological polar surface area (TPSA) is 75.6 Å². The van der Waals surface area contributed by atoms with Gasteiger partial charge in [-0.05, 0) is 43.0 Å². The van der Waals surface area contributed by atoms with E-state index in [0.717, 1.165) is 30.9 Å². The van der Waals surface area contributed by atoms with Gasteiger partial charge in [0.25, 0.3) is 5.91 Å². The molecule has 1 aromatic carbocycles. The molecular weight excluding hydrogens is 270 g/mol. The number of carbonyl (C=O) groups is 2. The molecule has 1 aromatic rings. The lowest BCUT2D eigenvalue weighted by atomic mass is 9.80. The zero-order valence-electron chi connectivity index (χ0n) is 12.0. The van der Waals surface area contributed by atoms with Gasteiger partial charge in [0.1, 0.15) is 0 Å². The lowest BCUT2D eigenvalue weighted by molar-refractivity contribution is -0.131. The molecule has 1 fully saturated rings. The molecule has 0 aliphatic heterocycles. The standard InChI is InChI=1S/C16H19NO4/c1-21-16(9-2-10-16)11-17-15(20)13-6-3-12(4-7-13)5-8-14(18)19/h3-8H,2,9-11H2,1H3,(H,17,20)(H,18,19)/b8-5+. The lowest BCUT2D eigenvalue weighted by Gasteiger charge is -2.40. The summed E-state index contributed by atoms with van der Waals surface area (Å²) in [6.07, 6.45) is 5.63. The molecule has 0 atom stereocenters. The summed E-state index contributed by atoms with van der Waals surface area (Å²) in [5.41, 5.74) is 1.09. The fraction of sp³-hybridized carbons (Fsp3) is 0.375. The van der Waals surface area contributed by atoms with Crippen molar-refractivity contribution in [2.24, 2.45) is 0 Å². The average molecular weight is 289 g/mol. The van der Waals surface area contributed by atoms with Crippen molar-refractivity contribution in [2.45, 2.75) is 24.9 Å². The average Bonchev–Trinajstić information content (AvgIpc) is 2.44. The lowest BCUT2D eigenvalue weighted by Crippen LogP contribution is -2.49. The molecule has 2 rings (SSSR count). The molecule has 112 valence electrons. The van der Waals surface area contributed by atoms with Crippen LogP contribution in [-0.4, -0.2) is 36.2 Å². The van der Waals surface area contributed by atoms with Gasteiger partial charge in [0.2, 0.25) is 0 Å². The number of nitrogens with one attached hydrogen (secondary N) is 1. The van der Waals surface area contributed by atoms with Crippen LogP contribution in [0, 0.1) is 0 Å². The predicted octanol–water partition coefficient (Wildman–Crippen LogP) is 2.08. The number of benzene rings is 1. The molecule has 0 aromatic heterocycles. The Morgan fingerprint density at radius 3 is 2.48 bits per heavy atom. The molecule has 2 N–H and O–H groups in total. The first-order valence-electron chi connectivity index (χ1n) is 6.89. The van der Waals surface area contributed by atoms with E-state index in [2.05, 4.69) is 5.32 Å². The summed E-state index contributed by atoms with van der Waals surface area (Å²) in [6, 6.07) is 6.78. The van der Waals surface area contributed by atoms with Gasteiger partial charge in [-0.2, -0.15) is 0 Å². The van der Waals surface area contributed by atoms with Gasteiger partial charge in [0.15, 0.2) is 0 Å². The van der Waals surface area contributed by atoms with Gasteiger partial charge >= 0.3 is 5.97 Å². The van der Waals surface area contributed by atoms with Crippen LogP contribution in [0.4, 0.5) is 0 Å². The number of methoxy groups -OCH3 is 1. The van der Waals surface area contributed by atoms with Crippen molar-refractivity contribution in [3.05, 3.63) is 41.5 Å². The van der Waals surface area contributed by atoms with Crippen LogP contribution in [0.3, 0.4) is 0 Å². The van der Waals surface area contributed by atoms with E-state index in [0.29, 0.717) is 12.1 Å². The molecule has 0 radical (unpaired) electrons. The molecule has 0 spiro atoms. The second kappa shape index (κ2) is 6.54. The number of carbonyl (C=O) groups excluding carboxylic acids is 1. The Morgan fingerprint density at radius 2 is 2.00 bits per heavy atom. The summed E-state index contributed by atoms with van der Waals surface area (Å²) in [7, 11) is 1.68. The largest absolute Gasteiger partial charge is 0.478 e. The smallest absolute Gasteiger partial charge is 0.328 e. The van der Waals surface area contributed by atoms with Crippen LogP contribution >= 0.6 is 0 Å². The summed E-state index contributed by atoms with van der Waals surface area (Å²) < 4.78 is 5.45. The molecule has 0 unspecified atom stereocenters. The first-order chi connectivity index (χ1) is 10.0. The Hall–Kier alpha value is -2.14. The van der Waals surface area contributed by atoms with Crippen LogP contribution in [-0.2, 0) is 9.53 Å². The fourth-order valence-corrected chi connectivity index (χ4v) is 2.28. The molecule has 0 heterocycles. The van der Waals surface area contributed by atoms with E-state index in [-0.39, 0.29) is 11.5 Å². The number of hydrogen-bond donors (Lipinski definition) is 2. The van der Waals surface area contributed by atoms with Gasteiger partial charge in [0, 0.05) is 25.3 Å². The summed E-state index contributed by atoms with van der Waals surface area (Å²) in [5.74, 6) is -1.14. The van der Waals surface area contributed by atoms with Crippen molar-refractivity contribution < 1.29 is 19.4 Å². The highest BCUT2D eigenvalue weighted by atomic mass is 16.5. The number of rotatable bonds is 6. The first-order valence-corrected chi connectivity index (χ1v) is 6.89. The fourth-order valence-electron chi connectivity index (χ4n) is 2.28. The van der Waals surface area contributed by atoms with Gasteiger partial charge in [0.05, 0.1) is 5.60 Å². The number of amides is 1. The van der Waals surface area contributed by atoms with Gasteiger partial charge in [-0.1, -0.05) is 12.1 Å². The number of hydrogen-bond acceptors (Lipinski definition) is 3. The van der Waals surface area contributed by atoms with Crippen LogP contribution in [0.2, 0.25) is 0 Å². The van der Waals surface area contributed by atoms with Crippen LogP contribution in [0.25, 0.3) is 6.08 Å². The Morgan fingerprint density at radius 1 is 1.33 bits per heavy atom. The first kappa shape index (κ1) is 15.3. The number of aliphatic carboxylic acids is 1. The number of carboxylic acid groups (broad SMARTS) is 1. The Kier molecular flexibility index (Phi) is 4.75. The van der Waals surface area contributed by atoms with Crippen molar-refractivity contribution in [1.29, 1.82) is 0 Å². The molecule has 5 heteroatoms. The minimum Gasteiger partial charge on any atom is -0.478 e. The zero-order chi connectivity index (χ0) is 15.3. The Labute approximate surface area is 123 Å². The normalized spacial score (nSPS) is 16.4. The molecular formula is C16H19NO4. The molecule has 5 nitrogen and oxygen atoms in total. The second-order valence-corrected chi connectivity index (χ2v) is 5.22. The van der Waals surface area contributed by atoms with Gasteiger partial charge < -0.3 is 15.2 Å². The maximum Gasteiger partial charge on any atom is 0.328 e. The van der Waals surface area contributed by atoms with E-state index < -0.39 is 5.97 Å². The molecule has 1 amide bonds. The molecule has 0 saturated heterocycles. The third-order valence-corrected chi connectivity index (χ3v) is 3.86. The number of carboxylic acids is 1. The van der Waals surface area contributed by atoms with E-state index in [9.17, 15) is 9.59 Å². The molecule has 1 saturated carbocycles. The second-order valence-electron chi connectivity index (χ2n) is 5.22. The summed E-state index contributed by atoms with van der Waals surface area (Å²) in [6.45, 7) is 0.517. The van der Waals surface area contributed by atoms with Crippen molar-refractivity contribution >= 4 is 18.0 Å². The summed E-state index contributed by atoms with van der Waals surface area (Å²) in [4.78, 5) is 22.5. The molecule has 21 heavy (non-hydrogen) atoms. The van der Waals surface area contributed by atoms with E-state index in [1.54, 1.807) is 31.4 Å². The molecule has 1 aliphatic carbocycles. The molecule has 1 aliphatic rings. The van der Waals surface area contributed by atoms with Gasteiger partial charge in [-0.25, -0.2) is 4.79 Å². The van der Waals surface area contributed by atoms with E-state index in [4.69, 9.17) is 9.84 Å². The predicted molar refractivity (Wildman–Crippen MR) is 79.0 cm³/mol. The van der Waals surface area contributed by atoms with E-state index in [1.165, 1.54) is 6.08 Å². The maximum absolute atomic E-state index is 12.0. The van der Waals surface area contributed by atoms with Crippen molar-refractivity contribution in [1.82, 2.24) is 5.32 Å². The Balaban J connectivity index is 1.92. The zero-order valence-corrected chi connectivity index (χ0v) is 12.0. The minimum absolute atomic E-state index is 0.146. The summed E-state index contributed by atoms with van der Waals surface area (Å²) >= 11 is 0. The maximum atomic E-state index is 12.0. The highest BCUT2D eigenvalue weighted by Gasteiger charge is 2.37.